The van der Waals surface area contributed by atoms with E-state index in [1.807, 2.05) is 0 Å². The molecule has 0 aliphatic carbocycles. The molecule has 1 unspecified atom stereocenters. The average molecular weight is 307 g/mol. The maximum atomic E-state index is 12.1. The Kier molecular flexibility index (Phi) is 5.63. The number of hydrogen-bond acceptors (Lipinski definition) is 3. The number of amides is 1. The molecular formula is C16H19ClN2O2. The van der Waals surface area contributed by atoms with Gasteiger partial charge in [0.25, 0.3) is 5.91 Å². The summed E-state index contributed by atoms with van der Waals surface area (Å²) >= 11 is 6.09. The molecule has 4 nitrogen and oxygen atoms in total. The van der Waals surface area contributed by atoms with Crippen LogP contribution in [0.2, 0.25) is 5.02 Å². The fraction of sp³-hybridized carbons (Fsp3) is 0.438. The van der Waals surface area contributed by atoms with Crippen LogP contribution in [0.5, 0.6) is 0 Å². The Labute approximate surface area is 130 Å². The molecule has 1 heterocycles. The number of carbonyl (C=O) groups excluding carboxylic acids is 1. The summed E-state index contributed by atoms with van der Waals surface area (Å²) in [5, 5.41) is 12.0. The van der Waals surface area contributed by atoms with Gasteiger partial charge >= 0.3 is 0 Å². The van der Waals surface area contributed by atoms with E-state index in [9.17, 15) is 4.79 Å². The minimum atomic E-state index is -0.215. The van der Waals surface area contributed by atoms with Crippen molar-refractivity contribution < 1.29 is 9.90 Å². The molecule has 1 aliphatic rings. The minimum Gasteiger partial charge on any atom is -0.384 e. The normalized spacial score (nSPS) is 18.1. The maximum Gasteiger partial charge on any atom is 0.251 e. The summed E-state index contributed by atoms with van der Waals surface area (Å²) in [6.07, 6.45) is 2.30. The number of halogens is 1. The second-order valence-electron chi connectivity index (χ2n) is 5.14. The fourth-order valence-corrected chi connectivity index (χ4v) is 2.67. The summed E-state index contributed by atoms with van der Waals surface area (Å²) in [6, 6.07) is 5.42. The molecule has 1 fully saturated rings. The first-order valence-electron chi connectivity index (χ1n) is 6.99. The Morgan fingerprint density at radius 3 is 3.00 bits per heavy atom. The van der Waals surface area contributed by atoms with Crippen LogP contribution in [-0.2, 0) is 0 Å². The predicted octanol–water partition coefficient (Wildman–Crippen LogP) is 1.51. The number of aliphatic hydroxyl groups excluding tert-OH is 1. The van der Waals surface area contributed by atoms with Crippen molar-refractivity contribution in [2.75, 3.05) is 26.7 Å². The standard InChI is InChI=1S/C16H19ClN2O2/c1-19-8-2-5-14(19)11-18-16(21)13-7-6-12(4-3-9-20)15(17)10-13/h6-7,10,14,20H,2,5,8-9,11H2,1H3,(H,18,21). The molecule has 1 aromatic carbocycles. The number of rotatable bonds is 3. The number of benzene rings is 1. The first-order valence-corrected chi connectivity index (χ1v) is 7.37. The molecule has 1 saturated heterocycles. The van der Waals surface area contributed by atoms with Gasteiger partial charge in [0, 0.05) is 23.7 Å². The zero-order chi connectivity index (χ0) is 15.2. The van der Waals surface area contributed by atoms with Crippen LogP contribution >= 0.6 is 11.6 Å². The summed E-state index contributed by atoms with van der Waals surface area (Å²) in [4.78, 5) is 14.4. The molecule has 2 rings (SSSR count). The lowest BCUT2D eigenvalue weighted by Gasteiger charge is -2.19. The van der Waals surface area contributed by atoms with E-state index in [-0.39, 0.29) is 12.5 Å². The molecule has 112 valence electrons. The number of aliphatic hydroxyl groups is 1. The number of likely N-dealkylation sites (N-methyl/N-ethyl adjacent to an activating group) is 1. The number of carbonyl (C=O) groups is 1. The van der Waals surface area contributed by atoms with Gasteiger partial charge in [0.15, 0.2) is 0 Å². The highest BCUT2D eigenvalue weighted by Crippen LogP contribution is 2.17. The first kappa shape index (κ1) is 15.8. The molecule has 0 bridgehead atoms. The third kappa shape index (κ3) is 4.21. The average Bonchev–Trinajstić information content (AvgIpc) is 2.88. The summed E-state index contributed by atoms with van der Waals surface area (Å²) in [5.41, 5.74) is 1.13. The molecule has 0 saturated carbocycles. The lowest BCUT2D eigenvalue weighted by atomic mass is 10.1. The number of hydrogen-bond donors (Lipinski definition) is 2. The Morgan fingerprint density at radius 1 is 1.57 bits per heavy atom. The van der Waals surface area contributed by atoms with E-state index < -0.39 is 0 Å². The van der Waals surface area contributed by atoms with Crippen molar-refractivity contribution in [1.29, 1.82) is 0 Å². The van der Waals surface area contributed by atoms with E-state index in [0.717, 1.165) is 13.0 Å². The monoisotopic (exact) mass is 306 g/mol. The van der Waals surface area contributed by atoms with Crippen molar-refractivity contribution in [2.24, 2.45) is 0 Å². The van der Waals surface area contributed by atoms with Crippen molar-refractivity contribution in [3.8, 4) is 11.8 Å². The minimum absolute atomic E-state index is 0.126. The van der Waals surface area contributed by atoms with Gasteiger partial charge in [0.1, 0.15) is 6.61 Å². The van der Waals surface area contributed by atoms with Gasteiger partial charge in [-0.05, 0) is 44.6 Å². The van der Waals surface area contributed by atoms with Crippen molar-refractivity contribution >= 4 is 17.5 Å². The van der Waals surface area contributed by atoms with Crippen molar-refractivity contribution in [3.63, 3.8) is 0 Å². The van der Waals surface area contributed by atoms with Crippen LogP contribution in [0.4, 0.5) is 0 Å². The SMILES string of the molecule is CN1CCCC1CNC(=O)c1ccc(C#CCO)c(Cl)c1. The Balaban J connectivity index is 1.97. The van der Waals surface area contributed by atoms with Crippen LogP contribution in [-0.4, -0.2) is 48.7 Å². The molecule has 1 amide bonds. The zero-order valence-corrected chi connectivity index (χ0v) is 12.8. The summed E-state index contributed by atoms with van der Waals surface area (Å²) < 4.78 is 0. The smallest absolute Gasteiger partial charge is 0.251 e. The van der Waals surface area contributed by atoms with Gasteiger partial charge in [0.05, 0.1) is 5.02 Å². The van der Waals surface area contributed by atoms with Gasteiger partial charge in [-0.25, -0.2) is 0 Å². The molecular weight excluding hydrogens is 288 g/mol. The molecule has 1 aliphatic heterocycles. The van der Waals surface area contributed by atoms with E-state index in [1.165, 1.54) is 6.42 Å². The molecule has 0 radical (unpaired) electrons. The Hall–Kier alpha value is -1.54. The number of nitrogens with one attached hydrogen (secondary N) is 1. The van der Waals surface area contributed by atoms with Crippen molar-refractivity contribution in [2.45, 2.75) is 18.9 Å². The fourth-order valence-electron chi connectivity index (χ4n) is 2.44. The van der Waals surface area contributed by atoms with Crippen LogP contribution in [0.15, 0.2) is 18.2 Å². The molecule has 0 spiro atoms. The topological polar surface area (TPSA) is 52.6 Å². The number of likely N-dealkylation sites (tertiary alicyclic amines) is 1. The predicted molar refractivity (Wildman–Crippen MR) is 83.4 cm³/mol. The van der Waals surface area contributed by atoms with E-state index in [1.54, 1.807) is 18.2 Å². The second kappa shape index (κ2) is 7.46. The van der Waals surface area contributed by atoms with Crippen LogP contribution in [0.3, 0.4) is 0 Å². The van der Waals surface area contributed by atoms with E-state index >= 15 is 0 Å². The highest BCUT2D eigenvalue weighted by atomic mass is 35.5. The molecule has 21 heavy (non-hydrogen) atoms. The maximum absolute atomic E-state index is 12.1. The van der Waals surface area contributed by atoms with Gasteiger partial charge in [-0.3, -0.25) is 4.79 Å². The lowest BCUT2D eigenvalue weighted by molar-refractivity contribution is 0.0943. The summed E-state index contributed by atoms with van der Waals surface area (Å²) in [6.45, 7) is 1.52. The van der Waals surface area contributed by atoms with Gasteiger partial charge in [-0.15, -0.1) is 0 Å². The molecule has 0 aromatic heterocycles. The lowest BCUT2D eigenvalue weighted by Crippen LogP contribution is -2.38. The highest BCUT2D eigenvalue weighted by molar-refractivity contribution is 6.32. The second-order valence-corrected chi connectivity index (χ2v) is 5.55. The third-order valence-corrected chi connectivity index (χ3v) is 4.02. The van der Waals surface area contributed by atoms with Crippen molar-refractivity contribution in [3.05, 3.63) is 34.3 Å². The van der Waals surface area contributed by atoms with Gasteiger partial charge in [-0.1, -0.05) is 23.4 Å². The Bertz CT molecular complexity index is 577. The zero-order valence-electron chi connectivity index (χ0n) is 12.0. The van der Waals surface area contributed by atoms with Crippen LogP contribution in [0.1, 0.15) is 28.8 Å². The highest BCUT2D eigenvalue weighted by Gasteiger charge is 2.21. The Morgan fingerprint density at radius 2 is 2.38 bits per heavy atom. The van der Waals surface area contributed by atoms with E-state index in [2.05, 4.69) is 29.1 Å². The summed E-state index contributed by atoms with van der Waals surface area (Å²) in [7, 11) is 2.08. The van der Waals surface area contributed by atoms with Crippen LogP contribution in [0, 0.1) is 11.8 Å². The van der Waals surface area contributed by atoms with Gasteiger partial charge in [-0.2, -0.15) is 0 Å². The van der Waals surface area contributed by atoms with E-state index in [0.29, 0.717) is 28.7 Å². The molecule has 1 aromatic rings. The largest absolute Gasteiger partial charge is 0.384 e. The summed E-state index contributed by atoms with van der Waals surface area (Å²) in [5.74, 6) is 5.15. The van der Waals surface area contributed by atoms with Crippen LogP contribution < -0.4 is 5.32 Å². The molecule has 2 N–H and O–H groups in total. The van der Waals surface area contributed by atoms with Crippen molar-refractivity contribution in [1.82, 2.24) is 10.2 Å². The van der Waals surface area contributed by atoms with E-state index in [4.69, 9.17) is 16.7 Å². The quantitative estimate of drug-likeness (QED) is 0.832. The van der Waals surface area contributed by atoms with Gasteiger partial charge < -0.3 is 15.3 Å². The van der Waals surface area contributed by atoms with Crippen LogP contribution in [0.25, 0.3) is 0 Å². The first-order chi connectivity index (χ1) is 10.1. The number of nitrogens with zero attached hydrogens (tertiary/aromatic N) is 1. The third-order valence-electron chi connectivity index (χ3n) is 3.70. The van der Waals surface area contributed by atoms with Gasteiger partial charge in [0.2, 0.25) is 0 Å². The molecule has 1 atom stereocenters. The molecule has 5 heteroatoms.